The molecule has 0 bridgehead atoms. The van der Waals surface area contributed by atoms with Gasteiger partial charge in [-0.3, -0.25) is 4.79 Å². The average Bonchev–Trinajstić information content (AvgIpc) is 2.69. The predicted octanol–water partition coefficient (Wildman–Crippen LogP) is 7.08. The second-order valence-corrected chi connectivity index (χ2v) is 11.3. The first-order valence-corrected chi connectivity index (χ1v) is 11.6. The van der Waals surface area contributed by atoms with Gasteiger partial charge in [0, 0.05) is 22.3 Å². The van der Waals surface area contributed by atoms with Crippen molar-refractivity contribution in [2.45, 2.75) is 41.5 Å². The highest BCUT2D eigenvalue weighted by Gasteiger charge is 2.38. The molecule has 2 aromatic rings. The summed E-state index contributed by atoms with van der Waals surface area (Å²) in [5.41, 5.74) is 2.67. The Kier molecular flexibility index (Phi) is 6.11. The molecule has 0 N–H and O–H groups in total. The molecule has 1 aliphatic rings. The maximum absolute atomic E-state index is 13.8. The van der Waals surface area contributed by atoms with E-state index >= 15 is 0 Å². The lowest BCUT2D eigenvalue weighted by Crippen LogP contribution is -2.28. The lowest BCUT2D eigenvalue weighted by atomic mass is 9.72. The predicted molar refractivity (Wildman–Crippen MR) is 127 cm³/mol. The summed E-state index contributed by atoms with van der Waals surface area (Å²) in [5, 5.41) is 1.56. The standard InChI is InChI=1S/C27H30O2P/c1-26(2,3)22-17-20(18-23(24(22)28)27(4,5)6)25(19-13-9-7-10-14-19)30(29)21-15-11-8-12-16-21/h7-18H,1-6H3/q+1. The SMILES string of the molecule is CC(C)(C)C1=CC(=C(c2ccccc2)[P+](=O)c2ccccc2)C=C(C(C)(C)C)C1=O. The summed E-state index contributed by atoms with van der Waals surface area (Å²) >= 11 is 0. The zero-order valence-electron chi connectivity index (χ0n) is 18.7. The van der Waals surface area contributed by atoms with Crippen LogP contribution in [0.1, 0.15) is 47.1 Å². The molecule has 0 aliphatic heterocycles. The van der Waals surface area contributed by atoms with E-state index in [1.165, 1.54) is 0 Å². The first-order valence-electron chi connectivity index (χ1n) is 10.3. The molecule has 0 heterocycles. The molecule has 3 rings (SSSR count). The highest BCUT2D eigenvalue weighted by molar-refractivity contribution is 7.64. The van der Waals surface area contributed by atoms with E-state index in [4.69, 9.17) is 0 Å². The van der Waals surface area contributed by atoms with E-state index in [2.05, 4.69) is 41.5 Å². The van der Waals surface area contributed by atoms with Crippen LogP contribution >= 0.6 is 7.80 Å². The van der Waals surface area contributed by atoms with Crippen LogP contribution in [0.2, 0.25) is 0 Å². The van der Waals surface area contributed by atoms with Gasteiger partial charge in [0.05, 0.1) is 0 Å². The van der Waals surface area contributed by atoms with E-state index in [0.717, 1.165) is 32.9 Å². The Balaban J connectivity index is 2.36. The smallest absolute Gasteiger partial charge is 0.289 e. The van der Waals surface area contributed by atoms with Gasteiger partial charge in [-0.1, -0.05) is 94.6 Å². The number of benzene rings is 2. The quantitative estimate of drug-likeness (QED) is 0.500. The summed E-state index contributed by atoms with van der Waals surface area (Å²) in [7, 11) is -1.83. The normalized spacial score (nSPS) is 15.5. The molecular formula is C27H30O2P+. The second-order valence-electron chi connectivity index (χ2n) is 9.75. The Hall–Kier alpha value is -2.57. The molecule has 1 aliphatic carbocycles. The highest BCUT2D eigenvalue weighted by Crippen LogP contribution is 2.47. The Labute approximate surface area is 181 Å². The monoisotopic (exact) mass is 417 g/mol. The van der Waals surface area contributed by atoms with E-state index in [1.807, 2.05) is 72.8 Å². The van der Waals surface area contributed by atoms with Crippen LogP contribution in [0.5, 0.6) is 0 Å². The van der Waals surface area contributed by atoms with Gasteiger partial charge >= 0.3 is 7.80 Å². The maximum atomic E-state index is 13.8. The minimum Gasteiger partial charge on any atom is -0.289 e. The molecule has 0 saturated carbocycles. The number of carbonyl (C=O) groups is 1. The van der Waals surface area contributed by atoms with Crippen molar-refractivity contribution in [1.29, 1.82) is 0 Å². The zero-order valence-corrected chi connectivity index (χ0v) is 19.6. The third-order valence-electron chi connectivity index (χ3n) is 5.22. The number of ketones is 1. The fourth-order valence-corrected chi connectivity index (χ4v) is 5.02. The van der Waals surface area contributed by atoms with Crippen molar-refractivity contribution in [2.24, 2.45) is 10.8 Å². The number of hydrogen-bond acceptors (Lipinski definition) is 2. The summed E-state index contributed by atoms with van der Waals surface area (Å²) in [4.78, 5) is 13.3. The van der Waals surface area contributed by atoms with E-state index in [9.17, 15) is 9.36 Å². The molecule has 0 spiro atoms. The van der Waals surface area contributed by atoms with Crippen LogP contribution in [0.25, 0.3) is 5.31 Å². The molecule has 0 saturated heterocycles. The van der Waals surface area contributed by atoms with Crippen molar-refractivity contribution in [3.63, 3.8) is 0 Å². The van der Waals surface area contributed by atoms with Crippen LogP contribution < -0.4 is 5.30 Å². The number of hydrogen-bond donors (Lipinski definition) is 0. The molecular weight excluding hydrogens is 387 g/mol. The van der Waals surface area contributed by atoms with Gasteiger partial charge in [-0.15, -0.1) is 0 Å². The van der Waals surface area contributed by atoms with Crippen molar-refractivity contribution in [2.75, 3.05) is 0 Å². The number of allylic oxidation sites excluding steroid dienone is 5. The Bertz CT molecular complexity index is 1020. The number of rotatable bonds is 3. The number of Topliss-reactive ketones (excluding diaryl/α,β-unsaturated/α-hetero) is 1. The Morgan fingerprint density at radius 1 is 0.700 bits per heavy atom. The van der Waals surface area contributed by atoms with Crippen molar-refractivity contribution >= 4 is 24.2 Å². The van der Waals surface area contributed by atoms with Crippen molar-refractivity contribution in [3.8, 4) is 0 Å². The van der Waals surface area contributed by atoms with Crippen LogP contribution in [-0.4, -0.2) is 5.78 Å². The lowest BCUT2D eigenvalue weighted by Gasteiger charge is -2.31. The maximum Gasteiger partial charge on any atom is 0.416 e. The minimum atomic E-state index is -1.83. The topological polar surface area (TPSA) is 34.1 Å². The van der Waals surface area contributed by atoms with Crippen LogP contribution in [0.4, 0.5) is 0 Å². The Morgan fingerprint density at radius 2 is 1.13 bits per heavy atom. The summed E-state index contributed by atoms with van der Waals surface area (Å²) in [6.45, 7) is 12.3. The van der Waals surface area contributed by atoms with Gasteiger partial charge in [0.25, 0.3) is 0 Å². The molecule has 0 fully saturated rings. The molecule has 154 valence electrons. The van der Waals surface area contributed by atoms with Crippen LogP contribution in [-0.2, 0) is 9.36 Å². The van der Waals surface area contributed by atoms with Crippen molar-refractivity contribution in [1.82, 2.24) is 0 Å². The van der Waals surface area contributed by atoms with Crippen molar-refractivity contribution < 1.29 is 9.36 Å². The fraction of sp³-hybridized carbons (Fsp3) is 0.296. The van der Waals surface area contributed by atoms with E-state index < -0.39 is 7.80 Å². The molecule has 30 heavy (non-hydrogen) atoms. The first kappa shape index (κ1) is 22.1. The van der Waals surface area contributed by atoms with Gasteiger partial charge in [0.2, 0.25) is 5.31 Å². The van der Waals surface area contributed by atoms with Crippen molar-refractivity contribution in [3.05, 3.63) is 95.1 Å². The third-order valence-corrected chi connectivity index (χ3v) is 6.91. The molecule has 0 aromatic heterocycles. The lowest BCUT2D eigenvalue weighted by molar-refractivity contribution is -0.114. The van der Waals surface area contributed by atoms with Gasteiger partial charge in [0.1, 0.15) is 0 Å². The molecule has 1 unspecified atom stereocenters. The number of carbonyl (C=O) groups excluding carboxylic acids is 1. The summed E-state index contributed by atoms with van der Waals surface area (Å²) in [6.07, 6.45) is 3.91. The third kappa shape index (κ3) is 4.60. The molecule has 2 aromatic carbocycles. The summed E-state index contributed by atoms with van der Waals surface area (Å²) < 4.78 is 13.8. The average molecular weight is 418 g/mol. The molecule has 0 amide bonds. The van der Waals surface area contributed by atoms with Gasteiger partial charge < -0.3 is 0 Å². The van der Waals surface area contributed by atoms with Gasteiger partial charge in [-0.25, -0.2) is 0 Å². The molecule has 3 heteroatoms. The highest BCUT2D eigenvalue weighted by atomic mass is 31.1. The molecule has 1 atom stereocenters. The fourth-order valence-electron chi connectivity index (χ4n) is 3.57. The van der Waals surface area contributed by atoms with Gasteiger partial charge in [-0.05, 0) is 35.1 Å². The van der Waals surface area contributed by atoms with E-state index in [0.29, 0.717) is 0 Å². The van der Waals surface area contributed by atoms with Gasteiger partial charge in [0.15, 0.2) is 11.1 Å². The van der Waals surface area contributed by atoms with Crippen LogP contribution in [0.3, 0.4) is 0 Å². The summed E-state index contributed by atoms with van der Waals surface area (Å²) in [5.74, 6) is 0.0844. The van der Waals surface area contributed by atoms with Crippen LogP contribution in [0, 0.1) is 10.8 Å². The van der Waals surface area contributed by atoms with Crippen LogP contribution in [0.15, 0.2) is 89.5 Å². The summed E-state index contributed by atoms with van der Waals surface area (Å²) in [6, 6.07) is 19.4. The molecule has 0 radical (unpaired) electrons. The largest absolute Gasteiger partial charge is 0.416 e. The second kappa shape index (κ2) is 8.28. The first-order chi connectivity index (χ1) is 14.0. The van der Waals surface area contributed by atoms with E-state index in [-0.39, 0.29) is 16.6 Å². The van der Waals surface area contributed by atoms with E-state index in [1.54, 1.807) is 0 Å². The minimum absolute atomic E-state index is 0.0844. The molecule has 2 nitrogen and oxygen atoms in total. The Morgan fingerprint density at radius 3 is 1.57 bits per heavy atom. The zero-order chi connectivity index (χ0) is 22.1. The van der Waals surface area contributed by atoms with Gasteiger partial charge in [-0.2, -0.15) is 0 Å².